The highest BCUT2D eigenvalue weighted by molar-refractivity contribution is 6.06. The molecule has 0 saturated heterocycles. The summed E-state index contributed by atoms with van der Waals surface area (Å²) in [5.74, 6) is 2.23. The van der Waals surface area contributed by atoms with Crippen molar-refractivity contribution in [2.75, 3.05) is 6.61 Å². The minimum absolute atomic E-state index is 0.103. The third kappa shape index (κ3) is 5.10. The lowest BCUT2D eigenvalue weighted by molar-refractivity contribution is -0.120. The van der Waals surface area contributed by atoms with Gasteiger partial charge in [-0.15, -0.1) is 0 Å². The van der Waals surface area contributed by atoms with Gasteiger partial charge in [-0.2, -0.15) is 0 Å². The predicted molar refractivity (Wildman–Crippen MR) is 130 cm³/mol. The third-order valence-electron chi connectivity index (χ3n) is 7.06. The maximum Gasteiger partial charge on any atom is 0.163 e. The van der Waals surface area contributed by atoms with Crippen molar-refractivity contribution in [3.63, 3.8) is 0 Å². The van der Waals surface area contributed by atoms with E-state index in [0.717, 1.165) is 42.1 Å². The SMILES string of the molecule is CCCCCCOc1ccc(C2C3=C(CC(C)(C)CC3=O)OC3=C2C(=O)CC(C)(C)C3)cc1. The van der Waals surface area contributed by atoms with Crippen molar-refractivity contribution >= 4 is 11.6 Å². The lowest BCUT2D eigenvalue weighted by Gasteiger charge is -2.42. The monoisotopic (exact) mass is 450 g/mol. The van der Waals surface area contributed by atoms with Gasteiger partial charge >= 0.3 is 0 Å². The smallest absolute Gasteiger partial charge is 0.163 e. The summed E-state index contributed by atoms with van der Waals surface area (Å²) in [6.45, 7) is 11.4. The molecular weight excluding hydrogens is 412 g/mol. The largest absolute Gasteiger partial charge is 0.494 e. The molecule has 0 N–H and O–H groups in total. The molecule has 0 amide bonds. The van der Waals surface area contributed by atoms with Crippen LogP contribution in [0.15, 0.2) is 46.9 Å². The molecule has 178 valence electrons. The third-order valence-corrected chi connectivity index (χ3v) is 7.06. The molecule has 1 aliphatic heterocycles. The van der Waals surface area contributed by atoms with Crippen LogP contribution in [0.4, 0.5) is 0 Å². The summed E-state index contributed by atoms with van der Waals surface area (Å²) in [5.41, 5.74) is 2.08. The first kappa shape index (κ1) is 23.8. The quantitative estimate of drug-likeness (QED) is 0.418. The zero-order valence-corrected chi connectivity index (χ0v) is 20.9. The van der Waals surface area contributed by atoms with Crippen molar-refractivity contribution in [2.24, 2.45) is 10.8 Å². The first-order chi connectivity index (χ1) is 15.6. The number of carbonyl (C=O) groups excluding carboxylic acids is 2. The van der Waals surface area contributed by atoms with Crippen molar-refractivity contribution in [3.8, 4) is 5.75 Å². The number of ether oxygens (including phenoxy) is 2. The molecule has 2 aliphatic carbocycles. The maximum absolute atomic E-state index is 13.3. The fourth-order valence-electron chi connectivity index (χ4n) is 5.48. The van der Waals surface area contributed by atoms with Crippen LogP contribution in [-0.2, 0) is 14.3 Å². The summed E-state index contributed by atoms with van der Waals surface area (Å²) in [7, 11) is 0. The van der Waals surface area contributed by atoms with Crippen molar-refractivity contribution in [1.82, 2.24) is 0 Å². The number of unbranched alkanes of at least 4 members (excludes halogenated alkanes) is 3. The minimum Gasteiger partial charge on any atom is -0.494 e. The van der Waals surface area contributed by atoms with Gasteiger partial charge in [-0.05, 0) is 34.9 Å². The van der Waals surface area contributed by atoms with Crippen LogP contribution in [0.25, 0.3) is 0 Å². The lowest BCUT2D eigenvalue weighted by atomic mass is 9.65. The molecule has 1 heterocycles. The van der Waals surface area contributed by atoms with E-state index >= 15 is 0 Å². The zero-order chi connectivity index (χ0) is 23.8. The molecule has 0 bridgehead atoms. The summed E-state index contributed by atoms with van der Waals surface area (Å²) < 4.78 is 12.3. The van der Waals surface area contributed by atoms with Gasteiger partial charge in [-0.25, -0.2) is 0 Å². The lowest BCUT2D eigenvalue weighted by Crippen LogP contribution is -2.37. The number of Topliss-reactive ketones (excluding diaryl/α,β-unsaturated/α-hetero) is 2. The maximum atomic E-state index is 13.3. The average molecular weight is 451 g/mol. The van der Waals surface area contributed by atoms with Crippen LogP contribution in [0.1, 0.15) is 97.5 Å². The fraction of sp³-hybridized carbons (Fsp3) is 0.586. The Balaban J connectivity index is 1.66. The molecule has 0 atom stereocenters. The topological polar surface area (TPSA) is 52.6 Å². The van der Waals surface area contributed by atoms with E-state index in [1.807, 2.05) is 24.3 Å². The van der Waals surface area contributed by atoms with E-state index in [9.17, 15) is 9.59 Å². The van der Waals surface area contributed by atoms with Gasteiger partial charge in [0.25, 0.3) is 0 Å². The number of carbonyl (C=O) groups is 2. The zero-order valence-electron chi connectivity index (χ0n) is 20.9. The van der Waals surface area contributed by atoms with Crippen LogP contribution in [0, 0.1) is 10.8 Å². The molecular formula is C29H38O4. The van der Waals surface area contributed by atoms with Gasteiger partial charge in [0, 0.05) is 42.7 Å². The van der Waals surface area contributed by atoms with Crippen LogP contribution in [0.3, 0.4) is 0 Å². The second kappa shape index (κ2) is 9.12. The molecule has 0 saturated carbocycles. The Morgan fingerprint density at radius 3 is 1.88 bits per heavy atom. The molecule has 0 radical (unpaired) electrons. The molecule has 1 aromatic rings. The van der Waals surface area contributed by atoms with E-state index in [1.54, 1.807) is 0 Å². The van der Waals surface area contributed by atoms with Crippen LogP contribution < -0.4 is 4.74 Å². The Bertz CT molecular complexity index is 939. The molecule has 33 heavy (non-hydrogen) atoms. The Morgan fingerprint density at radius 2 is 1.36 bits per heavy atom. The van der Waals surface area contributed by atoms with E-state index in [4.69, 9.17) is 9.47 Å². The second-order valence-corrected chi connectivity index (χ2v) is 11.6. The van der Waals surface area contributed by atoms with E-state index in [0.29, 0.717) is 30.6 Å². The minimum atomic E-state index is -0.338. The number of hydrogen-bond donors (Lipinski definition) is 0. The molecule has 1 aromatic carbocycles. The highest BCUT2D eigenvalue weighted by Gasteiger charge is 2.47. The molecule has 4 heteroatoms. The predicted octanol–water partition coefficient (Wildman–Crippen LogP) is 7.05. The number of ketones is 2. The number of allylic oxidation sites excluding steroid dienone is 4. The fourth-order valence-corrected chi connectivity index (χ4v) is 5.48. The van der Waals surface area contributed by atoms with Gasteiger partial charge in [-0.3, -0.25) is 9.59 Å². The first-order valence-corrected chi connectivity index (χ1v) is 12.5. The van der Waals surface area contributed by atoms with Gasteiger partial charge in [0.15, 0.2) is 11.6 Å². The standard InChI is InChI=1S/C29H38O4/c1-6-7-8-9-14-32-20-12-10-19(11-13-20)25-26-21(30)15-28(2,3)17-23(26)33-24-18-29(4,5)16-22(31)27(24)25/h10-13,25H,6-9,14-18H2,1-5H3. The highest BCUT2D eigenvalue weighted by Crippen LogP contribution is 2.53. The van der Waals surface area contributed by atoms with Gasteiger partial charge in [0.2, 0.25) is 0 Å². The van der Waals surface area contributed by atoms with Crippen LogP contribution in [-0.4, -0.2) is 18.2 Å². The first-order valence-electron chi connectivity index (χ1n) is 12.5. The van der Waals surface area contributed by atoms with Crippen molar-refractivity contribution in [2.45, 2.75) is 91.9 Å². The van der Waals surface area contributed by atoms with Crippen LogP contribution >= 0.6 is 0 Å². The van der Waals surface area contributed by atoms with Crippen LogP contribution in [0.2, 0.25) is 0 Å². The number of rotatable bonds is 7. The molecule has 4 rings (SSSR count). The summed E-state index contributed by atoms with van der Waals surface area (Å²) in [4.78, 5) is 26.7. The molecule has 0 spiro atoms. The summed E-state index contributed by atoms with van der Waals surface area (Å²) in [5, 5.41) is 0. The van der Waals surface area contributed by atoms with Crippen molar-refractivity contribution < 1.29 is 19.1 Å². The summed E-state index contributed by atoms with van der Waals surface area (Å²) in [6, 6.07) is 7.98. The summed E-state index contributed by atoms with van der Waals surface area (Å²) in [6.07, 6.45) is 7.07. The Labute approximate surface area is 198 Å². The number of benzene rings is 1. The molecule has 0 fully saturated rings. The van der Waals surface area contributed by atoms with E-state index in [1.165, 1.54) is 19.3 Å². The van der Waals surface area contributed by atoms with Crippen molar-refractivity contribution in [3.05, 3.63) is 52.5 Å². The Kier molecular flexibility index (Phi) is 6.57. The Morgan fingerprint density at radius 1 is 0.818 bits per heavy atom. The van der Waals surface area contributed by atoms with Crippen LogP contribution in [0.5, 0.6) is 5.75 Å². The molecule has 0 unspecified atom stereocenters. The average Bonchev–Trinajstić information content (AvgIpc) is 2.71. The highest BCUT2D eigenvalue weighted by atomic mass is 16.5. The van der Waals surface area contributed by atoms with Gasteiger partial charge in [-0.1, -0.05) is 66.0 Å². The molecule has 3 aliphatic rings. The summed E-state index contributed by atoms with van der Waals surface area (Å²) >= 11 is 0. The van der Waals surface area contributed by atoms with Gasteiger partial charge < -0.3 is 9.47 Å². The van der Waals surface area contributed by atoms with E-state index in [-0.39, 0.29) is 28.3 Å². The van der Waals surface area contributed by atoms with E-state index < -0.39 is 0 Å². The normalized spacial score (nSPS) is 22.1. The Hall–Kier alpha value is -2.36. The molecule has 4 nitrogen and oxygen atoms in total. The second-order valence-electron chi connectivity index (χ2n) is 11.6. The van der Waals surface area contributed by atoms with Gasteiger partial charge in [0.05, 0.1) is 6.61 Å². The number of hydrogen-bond acceptors (Lipinski definition) is 4. The van der Waals surface area contributed by atoms with Gasteiger partial charge in [0.1, 0.15) is 17.3 Å². The molecule has 0 aromatic heterocycles. The van der Waals surface area contributed by atoms with E-state index in [2.05, 4.69) is 34.6 Å². The van der Waals surface area contributed by atoms with Crippen molar-refractivity contribution in [1.29, 1.82) is 0 Å².